The lowest BCUT2D eigenvalue weighted by Crippen LogP contribution is -2.40. The molecule has 110 valence electrons. The first-order chi connectivity index (χ1) is 9.91. The van der Waals surface area contributed by atoms with E-state index in [1.54, 1.807) is 24.1 Å². The molecule has 1 N–H and O–H groups in total. The molecule has 0 aliphatic rings. The number of benzene rings is 2. The Morgan fingerprint density at radius 1 is 1.05 bits per heavy atom. The lowest BCUT2D eigenvalue weighted by molar-refractivity contribution is -0.135. The van der Waals surface area contributed by atoms with Gasteiger partial charge in [0.2, 0.25) is 5.91 Å². The maximum absolute atomic E-state index is 12.7. The molecule has 2 aromatic rings. The Morgan fingerprint density at radius 2 is 1.62 bits per heavy atom. The van der Waals surface area contributed by atoms with Gasteiger partial charge in [-0.15, -0.1) is 0 Å². The van der Waals surface area contributed by atoms with Gasteiger partial charge in [-0.05, 0) is 37.1 Å². The third-order valence-corrected chi connectivity index (χ3v) is 3.73. The predicted octanol–water partition coefficient (Wildman–Crippen LogP) is 3.33. The molecule has 0 atom stereocenters. The molecule has 0 aliphatic heterocycles. The lowest BCUT2D eigenvalue weighted by atomic mass is 9.83. The molecule has 0 saturated heterocycles. The van der Waals surface area contributed by atoms with Crippen LogP contribution >= 0.6 is 0 Å². The van der Waals surface area contributed by atoms with Crippen molar-refractivity contribution >= 4 is 5.91 Å². The molecule has 0 radical (unpaired) electrons. The molecular weight excluding hydrogens is 262 g/mol. The fourth-order valence-corrected chi connectivity index (χ4v) is 2.40. The van der Waals surface area contributed by atoms with Crippen LogP contribution in [0.5, 0.6) is 5.75 Å². The van der Waals surface area contributed by atoms with E-state index in [2.05, 4.69) is 0 Å². The molecule has 0 spiro atoms. The van der Waals surface area contributed by atoms with E-state index < -0.39 is 5.41 Å². The Hall–Kier alpha value is -2.29. The molecule has 0 aromatic heterocycles. The number of hydrogen-bond acceptors (Lipinski definition) is 2. The van der Waals surface area contributed by atoms with Crippen molar-refractivity contribution in [1.82, 2.24) is 4.90 Å². The van der Waals surface area contributed by atoms with E-state index >= 15 is 0 Å². The second-order valence-corrected chi connectivity index (χ2v) is 5.82. The highest BCUT2D eigenvalue weighted by Gasteiger charge is 2.32. The average Bonchev–Trinajstić information content (AvgIpc) is 2.49. The van der Waals surface area contributed by atoms with E-state index in [-0.39, 0.29) is 11.7 Å². The predicted molar refractivity (Wildman–Crippen MR) is 84.0 cm³/mol. The fourth-order valence-electron chi connectivity index (χ4n) is 2.40. The fraction of sp³-hybridized carbons (Fsp3) is 0.278. The number of phenols is 1. The van der Waals surface area contributed by atoms with E-state index in [0.29, 0.717) is 6.54 Å². The number of aromatic hydroxyl groups is 1. The first-order valence-corrected chi connectivity index (χ1v) is 7.00. The van der Waals surface area contributed by atoms with Crippen LogP contribution in [0.4, 0.5) is 0 Å². The average molecular weight is 283 g/mol. The topological polar surface area (TPSA) is 40.5 Å². The smallest absolute Gasteiger partial charge is 0.232 e. The molecule has 1 amide bonds. The van der Waals surface area contributed by atoms with Gasteiger partial charge in [-0.25, -0.2) is 0 Å². The Kier molecular flexibility index (Phi) is 4.32. The Bertz CT molecular complexity index is 603. The van der Waals surface area contributed by atoms with Gasteiger partial charge in [0.25, 0.3) is 0 Å². The van der Waals surface area contributed by atoms with Gasteiger partial charge < -0.3 is 10.0 Å². The molecule has 0 bridgehead atoms. The van der Waals surface area contributed by atoms with Crippen LogP contribution in [0, 0.1) is 0 Å². The van der Waals surface area contributed by atoms with Gasteiger partial charge in [0.15, 0.2) is 0 Å². The molecule has 0 fully saturated rings. The van der Waals surface area contributed by atoms with Crippen LogP contribution in [0.2, 0.25) is 0 Å². The highest BCUT2D eigenvalue weighted by atomic mass is 16.3. The maximum Gasteiger partial charge on any atom is 0.232 e. The van der Waals surface area contributed by atoms with E-state index in [9.17, 15) is 9.90 Å². The van der Waals surface area contributed by atoms with Gasteiger partial charge in [-0.2, -0.15) is 0 Å². The van der Waals surface area contributed by atoms with Gasteiger partial charge in [0.05, 0.1) is 5.41 Å². The Labute approximate surface area is 125 Å². The van der Waals surface area contributed by atoms with Crippen LogP contribution in [-0.2, 0) is 16.8 Å². The molecule has 0 heterocycles. The van der Waals surface area contributed by atoms with E-state index in [1.165, 1.54) is 0 Å². The summed E-state index contributed by atoms with van der Waals surface area (Å²) in [5.41, 5.74) is 1.44. The van der Waals surface area contributed by atoms with Gasteiger partial charge in [-0.3, -0.25) is 4.79 Å². The number of rotatable bonds is 4. The summed E-state index contributed by atoms with van der Waals surface area (Å²) in [6.45, 7) is 4.41. The summed E-state index contributed by atoms with van der Waals surface area (Å²) >= 11 is 0. The largest absolute Gasteiger partial charge is 0.508 e. The third-order valence-electron chi connectivity index (χ3n) is 3.73. The minimum Gasteiger partial charge on any atom is -0.508 e. The molecule has 0 aliphatic carbocycles. The zero-order valence-corrected chi connectivity index (χ0v) is 12.7. The van der Waals surface area contributed by atoms with Crippen LogP contribution in [0.25, 0.3) is 0 Å². The van der Waals surface area contributed by atoms with Gasteiger partial charge >= 0.3 is 0 Å². The van der Waals surface area contributed by atoms with E-state index in [1.807, 2.05) is 56.3 Å². The zero-order valence-electron chi connectivity index (χ0n) is 12.7. The number of carbonyl (C=O) groups is 1. The summed E-state index contributed by atoms with van der Waals surface area (Å²) in [6, 6.07) is 16.7. The molecule has 2 aromatic carbocycles. The van der Waals surface area contributed by atoms with E-state index in [4.69, 9.17) is 0 Å². The van der Waals surface area contributed by atoms with Crippen LogP contribution < -0.4 is 0 Å². The Balaban J connectivity index is 2.13. The molecule has 0 unspecified atom stereocenters. The highest BCUT2D eigenvalue weighted by Crippen LogP contribution is 2.25. The van der Waals surface area contributed by atoms with Gasteiger partial charge in [-0.1, -0.05) is 42.5 Å². The second kappa shape index (κ2) is 6.00. The number of hydrogen-bond donors (Lipinski definition) is 1. The van der Waals surface area contributed by atoms with Crippen LogP contribution in [0.3, 0.4) is 0 Å². The Morgan fingerprint density at radius 3 is 2.19 bits per heavy atom. The quantitative estimate of drug-likeness (QED) is 0.935. The van der Waals surface area contributed by atoms with Crippen molar-refractivity contribution in [3.63, 3.8) is 0 Å². The van der Waals surface area contributed by atoms with Crippen LogP contribution in [0.1, 0.15) is 25.0 Å². The summed E-state index contributed by atoms with van der Waals surface area (Å²) in [7, 11) is 1.81. The molecule has 3 heteroatoms. The summed E-state index contributed by atoms with van der Waals surface area (Å²) < 4.78 is 0. The van der Waals surface area contributed by atoms with E-state index in [0.717, 1.165) is 11.1 Å². The maximum atomic E-state index is 12.7. The first-order valence-electron chi connectivity index (χ1n) is 7.00. The van der Waals surface area contributed by atoms with Crippen molar-refractivity contribution < 1.29 is 9.90 Å². The van der Waals surface area contributed by atoms with Crippen molar-refractivity contribution in [1.29, 1.82) is 0 Å². The second-order valence-electron chi connectivity index (χ2n) is 5.82. The number of phenolic OH excluding ortho intramolecular Hbond substituents is 1. The monoisotopic (exact) mass is 283 g/mol. The van der Waals surface area contributed by atoms with Crippen molar-refractivity contribution in [2.24, 2.45) is 0 Å². The normalized spacial score (nSPS) is 11.2. The summed E-state index contributed by atoms with van der Waals surface area (Å²) in [5, 5.41) is 9.30. The standard InChI is InChI=1S/C18H21NO2/c1-18(2,15-7-5-4-6-8-15)17(21)19(3)13-14-9-11-16(20)12-10-14/h4-12,20H,13H2,1-3H3. The van der Waals surface area contributed by atoms with Crippen LogP contribution in [-0.4, -0.2) is 23.0 Å². The summed E-state index contributed by atoms with van der Waals surface area (Å²) in [6.07, 6.45) is 0. The van der Waals surface area contributed by atoms with Crippen LogP contribution in [0.15, 0.2) is 54.6 Å². The minimum atomic E-state index is -0.563. The zero-order chi connectivity index (χ0) is 15.5. The number of likely N-dealkylation sites (N-methyl/N-ethyl adjacent to an activating group) is 1. The summed E-state index contributed by atoms with van der Waals surface area (Å²) in [5.74, 6) is 0.305. The van der Waals surface area contributed by atoms with Crippen molar-refractivity contribution in [3.05, 3.63) is 65.7 Å². The summed E-state index contributed by atoms with van der Waals surface area (Å²) in [4.78, 5) is 14.4. The molecule has 2 rings (SSSR count). The van der Waals surface area contributed by atoms with Gasteiger partial charge in [0, 0.05) is 13.6 Å². The van der Waals surface area contributed by atoms with Crippen molar-refractivity contribution in [3.8, 4) is 5.75 Å². The number of nitrogens with zero attached hydrogens (tertiary/aromatic N) is 1. The molecule has 21 heavy (non-hydrogen) atoms. The number of amides is 1. The molecule has 3 nitrogen and oxygen atoms in total. The number of carbonyl (C=O) groups excluding carboxylic acids is 1. The molecular formula is C18H21NO2. The van der Waals surface area contributed by atoms with Gasteiger partial charge in [0.1, 0.15) is 5.75 Å². The lowest BCUT2D eigenvalue weighted by Gasteiger charge is -2.30. The third kappa shape index (κ3) is 3.43. The first kappa shape index (κ1) is 15.1. The molecule has 0 saturated carbocycles. The minimum absolute atomic E-state index is 0.0711. The van der Waals surface area contributed by atoms with Crippen molar-refractivity contribution in [2.45, 2.75) is 25.8 Å². The SMILES string of the molecule is CN(Cc1ccc(O)cc1)C(=O)C(C)(C)c1ccccc1. The highest BCUT2D eigenvalue weighted by molar-refractivity contribution is 5.87. The van der Waals surface area contributed by atoms with Crippen molar-refractivity contribution in [2.75, 3.05) is 7.05 Å².